The highest BCUT2D eigenvalue weighted by Crippen LogP contribution is 2.30. The van der Waals surface area contributed by atoms with Crippen molar-refractivity contribution in [1.29, 1.82) is 0 Å². The number of hydrogen-bond acceptors (Lipinski definition) is 2. The molecule has 2 nitrogen and oxygen atoms in total. The number of benzene rings is 1. The fraction of sp³-hybridized carbons (Fsp3) is 0.308. The van der Waals surface area contributed by atoms with Gasteiger partial charge in [0.2, 0.25) is 0 Å². The van der Waals surface area contributed by atoms with Gasteiger partial charge in [-0.2, -0.15) is 0 Å². The minimum Gasteiger partial charge on any atom is -0.398 e. The summed E-state index contributed by atoms with van der Waals surface area (Å²) in [6.45, 7) is 6.03. The molecule has 0 amide bonds. The number of nitrogens with zero attached hydrogens (tertiary/aromatic N) is 1. The maximum Gasteiger partial charge on any atom is 0.150 e. The molecule has 1 heterocycles. The second kappa shape index (κ2) is 3.84. The minimum atomic E-state index is -0.440. The molecule has 0 aliphatic heterocycles. The summed E-state index contributed by atoms with van der Waals surface area (Å²) < 4.78 is 13.8. The van der Waals surface area contributed by atoms with Crippen LogP contribution in [0.3, 0.4) is 0 Å². The lowest BCUT2D eigenvalue weighted by Crippen LogP contribution is -2.14. The van der Waals surface area contributed by atoms with Gasteiger partial charge in [-0.3, -0.25) is 0 Å². The van der Waals surface area contributed by atoms with Crippen molar-refractivity contribution in [3.63, 3.8) is 0 Å². The van der Waals surface area contributed by atoms with Gasteiger partial charge in [0, 0.05) is 27.2 Å². The van der Waals surface area contributed by atoms with Crippen LogP contribution in [0.1, 0.15) is 26.5 Å². The standard InChI is InChI=1S/C13H14ClFN2/c1-13(2,3)11-6-10(16)8-4-7(14)5-9(15)12(8)17-11/h4-6H,1-3H3,(H2,16,17). The molecule has 17 heavy (non-hydrogen) atoms. The quantitative estimate of drug-likeness (QED) is 0.772. The summed E-state index contributed by atoms with van der Waals surface area (Å²) >= 11 is 5.80. The van der Waals surface area contributed by atoms with Crippen LogP contribution in [0.15, 0.2) is 18.2 Å². The molecule has 0 bridgehead atoms. The van der Waals surface area contributed by atoms with Crippen molar-refractivity contribution >= 4 is 28.2 Å². The van der Waals surface area contributed by atoms with Crippen molar-refractivity contribution in [2.24, 2.45) is 0 Å². The Balaban J connectivity index is 2.83. The lowest BCUT2D eigenvalue weighted by atomic mass is 9.91. The van der Waals surface area contributed by atoms with Crippen LogP contribution in [-0.4, -0.2) is 4.98 Å². The zero-order valence-corrected chi connectivity index (χ0v) is 10.8. The van der Waals surface area contributed by atoms with Crippen LogP contribution < -0.4 is 5.73 Å². The Morgan fingerprint density at radius 3 is 2.47 bits per heavy atom. The molecule has 0 aliphatic carbocycles. The molecule has 0 unspecified atom stereocenters. The van der Waals surface area contributed by atoms with Gasteiger partial charge in [0.1, 0.15) is 5.52 Å². The third-order valence-corrected chi connectivity index (χ3v) is 2.85. The van der Waals surface area contributed by atoms with E-state index in [2.05, 4.69) is 4.98 Å². The molecule has 1 aromatic heterocycles. The lowest BCUT2D eigenvalue weighted by Gasteiger charge is -2.19. The van der Waals surface area contributed by atoms with Gasteiger partial charge in [0.15, 0.2) is 5.82 Å². The van der Waals surface area contributed by atoms with E-state index in [1.165, 1.54) is 6.07 Å². The summed E-state index contributed by atoms with van der Waals surface area (Å²) in [6, 6.07) is 4.66. The Labute approximate surface area is 105 Å². The summed E-state index contributed by atoms with van der Waals surface area (Å²) in [5.74, 6) is -0.440. The summed E-state index contributed by atoms with van der Waals surface area (Å²) in [7, 11) is 0. The Hall–Kier alpha value is -1.35. The maximum atomic E-state index is 13.8. The predicted octanol–water partition coefficient (Wildman–Crippen LogP) is 3.91. The van der Waals surface area contributed by atoms with Crippen LogP contribution in [-0.2, 0) is 5.41 Å². The topological polar surface area (TPSA) is 38.9 Å². The number of halogens is 2. The van der Waals surface area contributed by atoms with Crippen molar-refractivity contribution in [2.45, 2.75) is 26.2 Å². The lowest BCUT2D eigenvalue weighted by molar-refractivity contribution is 0.569. The number of nitrogens with two attached hydrogens (primary N) is 1. The number of anilines is 1. The first-order valence-corrected chi connectivity index (χ1v) is 5.72. The first-order valence-electron chi connectivity index (χ1n) is 5.35. The second-order valence-corrected chi connectivity index (χ2v) is 5.57. The highest BCUT2D eigenvalue weighted by molar-refractivity contribution is 6.31. The number of rotatable bonds is 0. The van der Waals surface area contributed by atoms with E-state index in [1.54, 1.807) is 12.1 Å². The zero-order chi connectivity index (χ0) is 12.8. The molecule has 0 spiro atoms. The fourth-order valence-corrected chi connectivity index (χ4v) is 1.87. The Kier molecular flexibility index (Phi) is 2.74. The monoisotopic (exact) mass is 252 g/mol. The summed E-state index contributed by atoms with van der Waals surface area (Å²) in [5.41, 5.74) is 7.30. The molecular weight excluding hydrogens is 239 g/mol. The molecule has 2 aromatic rings. The molecule has 0 saturated carbocycles. The third kappa shape index (κ3) is 2.20. The number of fused-ring (bicyclic) bond motifs is 1. The average Bonchev–Trinajstić information content (AvgIpc) is 2.17. The van der Waals surface area contributed by atoms with Gasteiger partial charge in [-0.05, 0) is 18.2 Å². The third-order valence-electron chi connectivity index (χ3n) is 2.63. The summed E-state index contributed by atoms with van der Waals surface area (Å²) in [4.78, 5) is 4.33. The number of nitrogen functional groups attached to an aromatic ring is 1. The van der Waals surface area contributed by atoms with E-state index in [4.69, 9.17) is 17.3 Å². The van der Waals surface area contributed by atoms with E-state index in [-0.39, 0.29) is 10.9 Å². The normalized spacial score (nSPS) is 12.1. The highest BCUT2D eigenvalue weighted by Gasteiger charge is 2.18. The van der Waals surface area contributed by atoms with Gasteiger partial charge in [0.25, 0.3) is 0 Å². The molecule has 2 rings (SSSR count). The van der Waals surface area contributed by atoms with Crippen molar-refractivity contribution in [1.82, 2.24) is 4.98 Å². The number of hydrogen-bond donors (Lipinski definition) is 1. The molecular formula is C13H14ClFN2. The van der Waals surface area contributed by atoms with Gasteiger partial charge in [-0.1, -0.05) is 32.4 Å². The van der Waals surface area contributed by atoms with E-state index in [0.717, 1.165) is 5.69 Å². The molecule has 0 atom stereocenters. The van der Waals surface area contributed by atoms with Crippen molar-refractivity contribution < 1.29 is 4.39 Å². The van der Waals surface area contributed by atoms with Crippen LogP contribution in [0, 0.1) is 5.82 Å². The SMILES string of the molecule is CC(C)(C)c1cc(N)c2cc(Cl)cc(F)c2n1. The number of aromatic nitrogens is 1. The van der Waals surface area contributed by atoms with E-state index in [0.29, 0.717) is 16.1 Å². The molecule has 4 heteroatoms. The molecule has 0 saturated heterocycles. The summed E-state index contributed by atoms with van der Waals surface area (Å²) in [5, 5.41) is 0.884. The molecule has 0 aliphatic rings. The molecule has 1 aromatic carbocycles. The van der Waals surface area contributed by atoms with E-state index >= 15 is 0 Å². The molecule has 2 N–H and O–H groups in total. The van der Waals surface area contributed by atoms with Crippen molar-refractivity contribution in [3.8, 4) is 0 Å². The zero-order valence-electron chi connectivity index (χ0n) is 10.0. The first-order chi connectivity index (χ1) is 7.79. The minimum absolute atomic E-state index is 0.172. The van der Waals surface area contributed by atoms with Crippen LogP contribution in [0.2, 0.25) is 5.02 Å². The van der Waals surface area contributed by atoms with Crippen LogP contribution >= 0.6 is 11.6 Å². The van der Waals surface area contributed by atoms with Gasteiger partial charge in [-0.25, -0.2) is 9.37 Å². The molecule has 0 fully saturated rings. The van der Waals surface area contributed by atoms with Crippen LogP contribution in [0.4, 0.5) is 10.1 Å². The first kappa shape index (κ1) is 12.1. The molecule has 0 radical (unpaired) electrons. The van der Waals surface area contributed by atoms with Gasteiger partial charge >= 0.3 is 0 Å². The smallest absolute Gasteiger partial charge is 0.150 e. The highest BCUT2D eigenvalue weighted by atomic mass is 35.5. The van der Waals surface area contributed by atoms with E-state index in [1.807, 2.05) is 20.8 Å². The Bertz CT molecular complexity index is 588. The van der Waals surface area contributed by atoms with Crippen LogP contribution in [0.5, 0.6) is 0 Å². The van der Waals surface area contributed by atoms with Crippen LogP contribution in [0.25, 0.3) is 10.9 Å². The van der Waals surface area contributed by atoms with Gasteiger partial charge < -0.3 is 5.73 Å². The maximum absolute atomic E-state index is 13.8. The largest absolute Gasteiger partial charge is 0.398 e. The van der Waals surface area contributed by atoms with Gasteiger partial charge in [0.05, 0.1) is 0 Å². The van der Waals surface area contributed by atoms with Gasteiger partial charge in [-0.15, -0.1) is 0 Å². The van der Waals surface area contributed by atoms with E-state index < -0.39 is 5.82 Å². The summed E-state index contributed by atoms with van der Waals surface area (Å²) in [6.07, 6.45) is 0. The second-order valence-electron chi connectivity index (χ2n) is 5.13. The predicted molar refractivity (Wildman–Crippen MR) is 69.8 cm³/mol. The average molecular weight is 253 g/mol. The van der Waals surface area contributed by atoms with Crippen molar-refractivity contribution in [3.05, 3.63) is 34.7 Å². The van der Waals surface area contributed by atoms with Crippen molar-refractivity contribution in [2.75, 3.05) is 5.73 Å². The number of pyridine rings is 1. The fourth-order valence-electron chi connectivity index (χ4n) is 1.66. The molecule has 90 valence electrons. The Morgan fingerprint density at radius 2 is 1.88 bits per heavy atom. The Morgan fingerprint density at radius 1 is 1.24 bits per heavy atom. The van der Waals surface area contributed by atoms with E-state index in [9.17, 15) is 4.39 Å².